The maximum absolute atomic E-state index is 5.54. The highest BCUT2D eigenvalue weighted by molar-refractivity contribution is 5.71. The summed E-state index contributed by atoms with van der Waals surface area (Å²) in [4.78, 5) is 3.83. The van der Waals surface area contributed by atoms with E-state index in [1.807, 2.05) is 0 Å². The van der Waals surface area contributed by atoms with Crippen LogP contribution in [0.25, 0.3) is 5.52 Å². The Morgan fingerprint density at radius 2 is 2.00 bits per heavy atom. The Kier molecular flexibility index (Phi) is 1.12. The summed E-state index contributed by atoms with van der Waals surface area (Å²) in [5.74, 6) is 0.606. The molecule has 0 aliphatic heterocycles. The number of nitrogens with zero attached hydrogens (tertiary/aromatic N) is 3. The average Bonchev–Trinajstić information content (AvgIpc) is 2.28. The maximum Gasteiger partial charge on any atom is 0.223 e. The quantitative estimate of drug-likeness (QED) is 0.485. The fraction of sp³-hybridized carbons (Fsp3) is 0. The normalized spacial score (nSPS) is 10.7. The van der Waals surface area contributed by atoms with Gasteiger partial charge in [-0.2, -0.15) is 14.6 Å². The van der Waals surface area contributed by atoms with Crippen molar-refractivity contribution in [3.8, 4) is 0 Å². The molecule has 2 heterocycles. The first kappa shape index (κ1) is 6.71. The second-order valence-corrected chi connectivity index (χ2v) is 2.44. The molecule has 2 aromatic rings. The lowest BCUT2D eigenvalue weighted by Crippen LogP contribution is -1.98. The third-order valence-corrected chi connectivity index (χ3v) is 1.57. The fourth-order valence-electron chi connectivity index (χ4n) is 1.04. The van der Waals surface area contributed by atoms with E-state index in [1.54, 1.807) is 6.07 Å². The number of anilines is 3. The SMILES string of the molecule is Nc1cnn2c(N)nc(N)c2c1. The van der Waals surface area contributed by atoms with E-state index < -0.39 is 0 Å². The van der Waals surface area contributed by atoms with Gasteiger partial charge in [-0.25, -0.2) is 0 Å². The summed E-state index contributed by atoms with van der Waals surface area (Å²) >= 11 is 0. The summed E-state index contributed by atoms with van der Waals surface area (Å²) in [7, 11) is 0. The molecule has 0 aliphatic rings. The second-order valence-electron chi connectivity index (χ2n) is 2.44. The van der Waals surface area contributed by atoms with Crippen LogP contribution < -0.4 is 17.2 Å². The molecular formula is C6H8N6. The Hall–Kier alpha value is -1.98. The number of fused-ring (bicyclic) bond motifs is 1. The van der Waals surface area contributed by atoms with Crippen LogP contribution in [0.15, 0.2) is 12.3 Å². The summed E-state index contributed by atoms with van der Waals surface area (Å²) < 4.78 is 1.44. The zero-order valence-electron chi connectivity index (χ0n) is 6.23. The molecule has 2 rings (SSSR count). The molecule has 0 spiro atoms. The van der Waals surface area contributed by atoms with Crippen LogP contribution in [-0.4, -0.2) is 14.6 Å². The molecule has 0 atom stereocenters. The third kappa shape index (κ3) is 0.746. The summed E-state index contributed by atoms with van der Waals surface area (Å²) in [5, 5.41) is 3.93. The van der Waals surface area contributed by atoms with Crippen molar-refractivity contribution in [3.05, 3.63) is 12.3 Å². The van der Waals surface area contributed by atoms with E-state index in [9.17, 15) is 0 Å². The van der Waals surface area contributed by atoms with Crippen molar-refractivity contribution in [2.45, 2.75) is 0 Å². The molecule has 0 saturated carbocycles. The van der Waals surface area contributed by atoms with Gasteiger partial charge in [-0.1, -0.05) is 0 Å². The van der Waals surface area contributed by atoms with Gasteiger partial charge in [-0.3, -0.25) is 0 Å². The van der Waals surface area contributed by atoms with Gasteiger partial charge in [0.25, 0.3) is 0 Å². The molecule has 6 N–H and O–H groups in total. The smallest absolute Gasteiger partial charge is 0.223 e. The van der Waals surface area contributed by atoms with Crippen molar-refractivity contribution in [2.75, 3.05) is 17.2 Å². The van der Waals surface area contributed by atoms with E-state index in [1.165, 1.54) is 10.7 Å². The zero-order chi connectivity index (χ0) is 8.72. The largest absolute Gasteiger partial charge is 0.397 e. The Morgan fingerprint density at radius 1 is 1.25 bits per heavy atom. The first-order valence-electron chi connectivity index (χ1n) is 3.33. The molecule has 6 heteroatoms. The van der Waals surface area contributed by atoms with Crippen molar-refractivity contribution < 1.29 is 0 Å². The highest BCUT2D eigenvalue weighted by atomic mass is 15.3. The van der Waals surface area contributed by atoms with Gasteiger partial charge in [-0.05, 0) is 6.07 Å². The second kappa shape index (κ2) is 2.00. The molecular weight excluding hydrogens is 156 g/mol. The topological polar surface area (TPSA) is 108 Å². The van der Waals surface area contributed by atoms with Crippen LogP contribution in [0, 0.1) is 0 Å². The molecule has 0 bridgehead atoms. The van der Waals surface area contributed by atoms with Gasteiger partial charge in [0.05, 0.1) is 11.9 Å². The highest BCUT2D eigenvalue weighted by Crippen LogP contribution is 2.16. The number of nitrogens with two attached hydrogens (primary N) is 3. The number of aromatic nitrogens is 3. The standard InChI is InChI=1S/C6H8N6/c7-3-1-4-5(8)11-6(9)12(4)10-2-3/h1-2H,7-8H2,(H2,9,11). The number of nitrogen functional groups attached to an aromatic ring is 3. The molecule has 0 fully saturated rings. The minimum atomic E-state index is 0.266. The van der Waals surface area contributed by atoms with E-state index in [0.717, 1.165) is 0 Å². The number of hydrogen-bond acceptors (Lipinski definition) is 5. The Bertz CT molecular complexity index is 431. The molecule has 6 nitrogen and oxygen atoms in total. The van der Waals surface area contributed by atoms with E-state index in [4.69, 9.17) is 17.2 Å². The predicted octanol–water partition coefficient (Wildman–Crippen LogP) is -0.524. The van der Waals surface area contributed by atoms with Crippen molar-refractivity contribution in [2.24, 2.45) is 0 Å². The van der Waals surface area contributed by atoms with Gasteiger partial charge < -0.3 is 17.2 Å². The average molecular weight is 164 g/mol. The van der Waals surface area contributed by atoms with Crippen molar-refractivity contribution in [1.29, 1.82) is 0 Å². The van der Waals surface area contributed by atoms with E-state index in [-0.39, 0.29) is 5.95 Å². The van der Waals surface area contributed by atoms with Crippen LogP contribution in [0.5, 0.6) is 0 Å². The maximum atomic E-state index is 5.54. The molecule has 0 saturated heterocycles. The number of hydrogen-bond donors (Lipinski definition) is 3. The molecule has 0 radical (unpaired) electrons. The Labute approximate surface area is 68.0 Å². The van der Waals surface area contributed by atoms with Gasteiger partial charge in [0, 0.05) is 0 Å². The van der Waals surface area contributed by atoms with Crippen LogP contribution in [-0.2, 0) is 0 Å². The number of rotatable bonds is 0. The van der Waals surface area contributed by atoms with Crippen LogP contribution in [0.4, 0.5) is 17.5 Å². The first-order valence-corrected chi connectivity index (χ1v) is 3.33. The molecule has 0 aliphatic carbocycles. The fourth-order valence-corrected chi connectivity index (χ4v) is 1.04. The summed E-state index contributed by atoms with van der Waals surface area (Å²) in [6.07, 6.45) is 1.49. The van der Waals surface area contributed by atoms with Crippen LogP contribution >= 0.6 is 0 Å². The highest BCUT2D eigenvalue weighted by Gasteiger charge is 2.05. The van der Waals surface area contributed by atoms with Crippen LogP contribution in [0.1, 0.15) is 0 Å². The monoisotopic (exact) mass is 164 g/mol. The van der Waals surface area contributed by atoms with E-state index >= 15 is 0 Å². The molecule has 62 valence electrons. The Morgan fingerprint density at radius 3 is 2.75 bits per heavy atom. The Balaban J connectivity index is 2.90. The minimum Gasteiger partial charge on any atom is -0.397 e. The molecule has 12 heavy (non-hydrogen) atoms. The molecule has 2 aromatic heterocycles. The van der Waals surface area contributed by atoms with Crippen LogP contribution in [0.2, 0.25) is 0 Å². The zero-order valence-corrected chi connectivity index (χ0v) is 6.23. The summed E-state index contributed by atoms with van der Waals surface area (Å²) in [6.45, 7) is 0. The van der Waals surface area contributed by atoms with Gasteiger partial charge in [0.1, 0.15) is 5.52 Å². The first-order chi connectivity index (χ1) is 5.68. The van der Waals surface area contributed by atoms with Gasteiger partial charge in [0.15, 0.2) is 5.82 Å². The lowest BCUT2D eigenvalue weighted by molar-refractivity contribution is 0.942. The van der Waals surface area contributed by atoms with Gasteiger partial charge >= 0.3 is 0 Å². The van der Waals surface area contributed by atoms with Gasteiger partial charge in [-0.15, -0.1) is 0 Å². The lowest BCUT2D eigenvalue weighted by atomic mass is 10.4. The van der Waals surface area contributed by atoms with Gasteiger partial charge in [0.2, 0.25) is 5.95 Å². The van der Waals surface area contributed by atoms with Crippen molar-refractivity contribution in [3.63, 3.8) is 0 Å². The minimum absolute atomic E-state index is 0.266. The van der Waals surface area contributed by atoms with Crippen LogP contribution in [0.3, 0.4) is 0 Å². The molecule has 0 amide bonds. The molecule has 0 unspecified atom stereocenters. The summed E-state index contributed by atoms with van der Waals surface area (Å²) in [6, 6.07) is 1.67. The summed E-state index contributed by atoms with van der Waals surface area (Å²) in [5.41, 5.74) is 17.7. The lowest BCUT2D eigenvalue weighted by Gasteiger charge is -1.95. The predicted molar refractivity (Wildman–Crippen MR) is 46.2 cm³/mol. The van der Waals surface area contributed by atoms with E-state index in [2.05, 4.69) is 10.1 Å². The molecule has 0 aromatic carbocycles. The van der Waals surface area contributed by atoms with Crippen molar-refractivity contribution in [1.82, 2.24) is 14.6 Å². The third-order valence-electron chi connectivity index (χ3n) is 1.57. The number of imidazole rings is 1. The van der Waals surface area contributed by atoms with Crippen molar-refractivity contribution >= 4 is 23.0 Å². The van der Waals surface area contributed by atoms with E-state index in [0.29, 0.717) is 17.0 Å².